The third-order valence-corrected chi connectivity index (χ3v) is 2.08. The van der Waals surface area contributed by atoms with Crippen LogP contribution in [-0.4, -0.2) is 8.76 Å². The average Bonchev–Trinajstić information content (AvgIpc) is 2.36. The van der Waals surface area contributed by atoms with Gasteiger partial charge in [-0.3, -0.25) is 0 Å². The van der Waals surface area contributed by atoms with Gasteiger partial charge in [0.2, 0.25) is 0 Å². The highest BCUT2D eigenvalue weighted by Crippen LogP contribution is 2.17. The molecule has 10 heavy (non-hydrogen) atoms. The molecular formula is C6H8O3S. The molecule has 1 heterocycles. The molecule has 1 aromatic heterocycles. The van der Waals surface area contributed by atoms with Crippen molar-refractivity contribution in [1.82, 2.24) is 0 Å². The Bertz CT molecular complexity index is 217. The van der Waals surface area contributed by atoms with Crippen molar-refractivity contribution in [3.8, 4) is 0 Å². The minimum absolute atomic E-state index is 0.435. The highest BCUT2D eigenvalue weighted by atomic mass is 32.2. The molecule has 4 heteroatoms. The number of furan rings is 1. The third-order valence-electron chi connectivity index (χ3n) is 1.25. The maximum atomic E-state index is 10.4. The molecule has 3 nitrogen and oxygen atoms in total. The van der Waals surface area contributed by atoms with Crippen LogP contribution >= 0.6 is 0 Å². The van der Waals surface area contributed by atoms with E-state index in [1.165, 1.54) is 6.26 Å². The van der Waals surface area contributed by atoms with Crippen LogP contribution in [-0.2, 0) is 11.1 Å². The smallest absolute Gasteiger partial charge is 0.163 e. The monoisotopic (exact) mass is 160 g/mol. The number of hydrogen-bond donors (Lipinski definition) is 1. The van der Waals surface area contributed by atoms with Gasteiger partial charge in [0.1, 0.15) is 11.0 Å². The van der Waals surface area contributed by atoms with Crippen molar-refractivity contribution < 1.29 is 13.2 Å². The highest BCUT2D eigenvalue weighted by Gasteiger charge is 2.12. The van der Waals surface area contributed by atoms with Crippen LogP contribution in [0.3, 0.4) is 0 Å². The quantitative estimate of drug-likeness (QED) is 0.668. The Balaban J connectivity index is 2.77. The maximum Gasteiger partial charge on any atom is 0.163 e. The lowest BCUT2D eigenvalue weighted by molar-refractivity contribution is 0.490. The fourth-order valence-electron chi connectivity index (χ4n) is 0.622. The van der Waals surface area contributed by atoms with Crippen molar-refractivity contribution in [2.75, 3.05) is 0 Å². The second-order valence-electron chi connectivity index (χ2n) is 1.93. The first-order valence-electron chi connectivity index (χ1n) is 2.85. The van der Waals surface area contributed by atoms with Gasteiger partial charge < -0.3 is 8.97 Å². The zero-order valence-electron chi connectivity index (χ0n) is 5.48. The van der Waals surface area contributed by atoms with E-state index in [1.807, 2.05) is 0 Å². The molecule has 1 aromatic rings. The van der Waals surface area contributed by atoms with E-state index in [4.69, 9.17) is 8.97 Å². The molecule has 0 aromatic carbocycles. The Morgan fingerprint density at radius 3 is 2.90 bits per heavy atom. The van der Waals surface area contributed by atoms with Crippen LogP contribution in [0.1, 0.15) is 17.9 Å². The lowest BCUT2D eigenvalue weighted by Crippen LogP contribution is -1.98. The molecule has 0 aliphatic heterocycles. The SMILES string of the molecule is CC(c1ccco1)S(=O)O. The van der Waals surface area contributed by atoms with Gasteiger partial charge in [0, 0.05) is 0 Å². The van der Waals surface area contributed by atoms with Gasteiger partial charge in [-0.25, -0.2) is 4.21 Å². The van der Waals surface area contributed by atoms with E-state index in [2.05, 4.69) is 0 Å². The summed E-state index contributed by atoms with van der Waals surface area (Å²) in [6, 6.07) is 3.37. The standard InChI is InChI=1S/C6H8O3S/c1-5(10(7)8)6-3-2-4-9-6/h2-5H,1H3,(H,7,8). The predicted octanol–water partition coefficient (Wildman–Crippen LogP) is 1.56. The molecule has 0 aliphatic carbocycles. The number of hydrogen-bond acceptors (Lipinski definition) is 2. The summed E-state index contributed by atoms with van der Waals surface area (Å²) in [5, 5.41) is -0.435. The molecule has 2 unspecified atom stereocenters. The largest absolute Gasteiger partial charge is 0.468 e. The third kappa shape index (κ3) is 1.46. The Kier molecular flexibility index (Phi) is 2.24. The molecule has 0 aliphatic rings. The summed E-state index contributed by atoms with van der Waals surface area (Å²) in [5.41, 5.74) is 0. The van der Waals surface area contributed by atoms with Crippen LogP contribution in [0.2, 0.25) is 0 Å². The molecule has 0 saturated heterocycles. The van der Waals surface area contributed by atoms with Crippen LogP contribution in [0.25, 0.3) is 0 Å². The van der Waals surface area contributed by atoms with Crippen molar-refractivity contribution in [3.05, 3.63) is 24.2 Å². The summed E-state index contributed by atoms with van der Waals surface area (Å²) in [5.74, 6) is 0.542. The molecule has 56 valence electrons. The molecule has 0 bridgehead atoms. The first kappa shape index (κ1) is 7.50. The topological polar surface area (TPSA) is 50.4 Å². The van der Waals surface area contributed by atoms with Crippen LogP contribution < -0.4 is 0 Å². The van der Waals surface area contributed by atoms with Crippen molar-refractivity contribution in [1.29, 1.82) is 0 Å². The van der Waals surface area contributed by atoms with Crippen molar-refractivity contribution in [3.63, 3.8) is 0 Å². The zero-order chi connectivity index (χ0) is 7.56. The van der Waals surface area contributed by atoms with Crippen LogP contribution in [0, 0.1) is 0 Å². The minimum atomic E-state index is -1.83. The average molecular weight is 160 g/mol. The van der Waals surface area contributed by atoms with Crippen molar-refractivity contribution in [2.45, 2.75) is 12.2 Å². The highest BCUT2D eigenvalue weighted by molar-refractivity contribution is 7.79. The first-order valence-corrected chi connectivity index (χ1v) is 4.02. The maximum absolute atomic E-state index is 10.4. The Labute approximate surface area is 61.3 Å². The van der Waals surface area contributed by atoms with Gasteiger partial charge in [-0.1, -0.05) is 0 Å². The van der Waals surface area contributed by atoms with Gasteiger partial charge in [-0.05, 0) is 19.1 Å². The summed E-state index contributed by atoms with van der Waals surface area (Å²) >= 11 is -1.83. The molecule has 2 atom stereocenters. The molecular weight excluding hydrogens is 152 g/mol. The van der Waals surface area contributed by atoms with Crippen LogP contribution in [0.15, 0.2) is 22.8 Å². The minimum Gasteiger partial charge on any atom is -0.468 e. The fraction of sp³-hybridized carbons (Fsp3) is 0.333. The summed E-state index contributed by atoms with van der Waals surface area (Å²) in [7, 11) is 0. The van der Waals surface area contributed by atoms with E-state index in [1.54, 1.807) is 19.1 Å². The molecule has 1 rings (SSSR count). The van der Waals surface area contributed by atoms with Gasteiger partial charge in [-0.15, -0.1) is 0 Å². The second kappa shape index (κ2) is 2.98. The Morgan fingerprint density at radius 2 is 2.50 bits per heavy atom. The van der Waals surface area contributed by atoms with Gasteiger partial charge in [0.15, 0.2) is 11.1 Å². The Hall–Kier alpha value is -0.610. The van der Waals surface area contributed by atoms with Gasteiger partial charge in [0.05, 0.1) is 6.26 Å². The van der Waals surface area contributed by atoms with Crippen LogP contribution in [0.5, 0.6) is 0 Å². The van der Waals surface area contributed by atoms with Crippen molar-refractivity contribution >= 4 is 11.1 Å². The summed E-state index contributed by atoms with van der Waals surface area (Å²) in [6.07, 6.45) is 1.48. The van der Waals surface area contributed by atoms with E-state index >= 15 is 0 Å². The number of rotatable bonds is 2. The zero-order valence-corrected chi connectivity index (χ0v) is 6.30. The first-order chi connectivity index (χ1) is 4.72. The molecule has 0 amide bonds. The second-order valence-corrected chi connectivity index (χ2v) is 3.19. The molecule has 0 fully saturated rings. The lowest BCUT2D eigenvalue weighted by atomic mass is 10.4. The van der Waals surface area contributed by atoms with E-state index in [9.17, 15) is 4.21 Å². The molecule has 0 spiro atoms. The van der Waals surface area contributed by atoms with Crippen molar-refractivity contribution in [2.24, 2.45) is 0 Å². The Morgan fingerprint density at radius 1 is 1.80 bits per heavy atom. The van der Waals surface area contributed by atoms with E-state index < -0.39 is 16.3 Å². The van der Waals surface area contributed by atoms with E-state index in [-0.39, 0.29) is 0 Å². The van der Waals surface area contributed by atoms with Gasteiger partial charge in [0.25, 0.3) is 0 Å². The fourth-order valence-corrected chi connectivity index (χ4v) is 0.955. The molecule has 0 saturated carbocycles. The lowest BCUT2D eigenvalue weighted by Gasteiger charge is -2.00. The summed E-state index contributed by atoms with van der Waals surface area (Å²) in [4.78, 5) is 0. The van der Waals surface area contributed by atoms with E-state index in [0.717, 1.165) is 0 Å². The van der Waals surface area contributed by atoms with E-state index in [0.29, 0.717) is 5.76 Å². The molecule has 1 N–H and O–H groups in total. The predicted molar refractivity (Wildman–Crippen MR) is 37.9 cm³/mol. The normalized spacial score (nSPS) is 16.6. The molecule has 0 radical (unpaired) electrons. The van der Waals surface area contributed by atoms with Gasteiger partial charge >= 0.3 is 0 Å². The summed E-state index contributed by atoms with van der Waals surface area (Å²) in [6.45, 7) is 1.63. The van der Waals surface area contributed by atoms with Gasteiger partial charge in [-0.2, -0.15) is 0 Å². The van der Waals surface area contributed by atoms with Crippen LogP contribution in [0.4, 0.5) is 0 Å². The summed E-state index contributed by atoms with van der Waals surface area (Å²) < 4.78 is 24.0.